The van der Waals surface area contributed by atoms with E-state index in [1.54, 1.807) is 29.9 Å². The Morgan fingerprint density at radius 3 is 2.95 bits per heavy atom. The molecule has 0 spiro atoms. The molecule has 0 saturated carbocycles. The van der Waals surface area contributed by atoms with Crippen molar-refractivity contribution in [2.75, 3.05) is 5.73 Å². The van der Waals surface area contributed by atoms with Crippen LogP contribution < -0.4 is 5.73 Å². The maximum Gasteiger partial charge on any atom is 0.313 e. The number of nitrogens with two attached hydrogens (primary N) is 1. The van der Waals surface area contributed by atoms with Crippen molar-refractivity contribution in [3.63, 3.8) is 0 Å². The standard InChI is InChI=1S/C14H17N3O2/c1-10(12-4-3-5-13(15)6-12)14(18)19-9-11-7-16-17(2)8-11/h3-8,10H,9,15H2,1-2H3. The number of nitrogens with zero attached hydrogens (tertiary/aromatic N) is 2. The zero-order chi connectivity index (χ0) is 13.8. The Kier molecular flexibility index (Phi) is 3.85. The van der Waals surface area contributed by atoms with Crippen LogP contribution in [0.5, 0.6) is 0 Å². The van der Waals surface area contributed by atoms with Gasteiger partial charge in [0.25, 0.3) is 0 Å². The van der Waals surface area contributed by atoms with Gasteiger partial charge in [0, 0.05) is 24.5 Å². The first-order valence-corrected chi connectivity index (χ1v) is 6.06. The summed E-state index contributed by atoms with van der Waals surface area (Å²) in [4.78, 5) is 11.9. The molecule has 1 aromatic carbocycles. The summed E-state index contributed by atoms with van der Waals surface area (Å²) in [6.45, 7) is 2.04. The van der Waals surface area contributed by atoms with Gasteiger partial charge in [-0.05, 0) is 24.6 Å². The van der Waals surface area contributed by atoms with Crippen LogP contribution in [-0.4, -0.2) is 15.7 Å². The zero-order valence-electron chi connectivity index (χ0n) is 11.0. The summed E-state index contributed by atoms with van der Waals surface area (Å²) in [7, 11) is 1.82. The quantitative estimate of drug-likeness (QED) is 0.672. The van der Waals surface area contributed by atoms with Gasteiger partial charge in [0.15, 0.2) is 0 Å². The van der Waals surface area contributed by atoms with Crippen LogP contribution in [-0.2, 0) is 23.2 Å². The van der Waals surface area contributed by atoms with Gasteiger partial charge in [0.2, 0.25) is 0 Å². The first-order valence-electron chi connectivity index (χ1n) is 6.06. The van der Waals surface area contributed by atoms with Gasteiger partial charge in [-0.25, -0.2) is 0 Å². The van der Waals surface area contributed by atoms with E-state index in [9.17, 15) is 4.79 Å². The number of esters is 1. The summed E-state index contributed by atoms with van der Waals surface area (Å²) in [6.07, 6.45) is 3.50. The Balaban J connectivity index is 1.96. The van der Waals surface area contributed by atoms with E-state index in [-0.39, 0.29) is 18.5 Å². The fourth-order valence-electron chi connectivity index (χ4n) is 1.79. The van der Waals surface area contributed by atoms with Crippen LogP contribution in [0, 0.1) is 0 Å². The number of aryl methyl sites for hydroxylation is 1. The number of nitrogen functional groups attached to an aromatic ring is 1. The molecule has 5 nitrogen and oxygen atoms in total. The summed E-state index contributed by atoms with van der Waals surface area (Å²) in [5.74, 6) is -0.602. The largest absolute Gasteiger partial charge is 0.460 e. The van der Waals surface area contributed by atoms with Gasteiger partial charge in [0.1, 0.15) is 6.61 Å². The van der Waals surface area contributed by atoms with E-state index >= 15 is 0 Å². The number of carbonyl (C=O) groups excluding carboxylic acids is 1. The molecule has 0 bridgehead atoms. The molecule has 0 aliphatic heterocycles. The highest BCUT2D eigenvalue weighted by atomic mass is 16.5. The summed E-state index contributed by atoms with van der Waals surface area (Å²) in [5.41, 5.74) is 8.07. The van der Waals surface area contributed by atoms with Crippen LogP contribution in [0.15, 0.2) is 36.7 Å². The Bertz CT molecular complexity index is 578. The molecule has 1 heterocycles. The smallest absolute Gasteiger partial charge is 0.313 e. The maximum absolute atomic E-state index is 11.9. The SMILES string of the molecule is CC(C(=O)OCc1cnn(C)c1)c1cccc(N)c1. The van der Waals surface area contributed by atoms with Crippen molar-refractivity contribution >= 4 is 11.7 Å². The first kappa shape index (κ1) is 13.1. The molecule has 0 fully saturated rings. The molecule has 1 aromatic heterocycles. The maximum atomic E-state index is 11.9. The van der Waals surface area contributed by atoms with E-state index in [1.165, 1.54) is 0 Å². The number of hydrogen-bond donors (Lipinski definition) is 1. The van der Waals surface area contributed by atoms with Gasteiger partial charge >= 0.3 is 5.97 Å². The summed E-state index contributed by atoms with van der Waals surface area (Å²) in [6, 6.07) is 7.27. The van der Waals surface area contributed by atoms with Crippen LogP contribution in [0.2, 0.25) is 0 Å². The van der Waals surface area contributed by atoms with E-state index in [1.807, 2.05) is 25.4 Å². The first-order chi connectivity index (χ1) is 9.06. The van der Waals surface area contributed by atoms with E-state index in [0.717, 1.165) is 11.1 Å². The van der Waals surface area contributed by atoms with E-state index in [0.29, 0.717) is 5.69 Å². The number of aromatic nitrogens is 2. The molecular formula is C14H17N3O2. The van der Waals surface area contributed by atoms with Crippen molar-refractivity contribution in [1.29, 1.82) is 0 Å². The Morgan fingerprint density at radius 1 is 1.53 bits per heavy atom. The topological polar surface area (TPSA) is 70.1 Å². The Morgan fingerprint density at radius 2 is 2.32 bits per heavy atom. The van der Waals surface area contributed by atoms with Crippen LogP contribution in [0.4, 0.5) is 5.69 Å². The van der Waals surface area contributed by atoms with Gasteiger partial charge in [-0.1, -0.05) is 12.1 Å². The molecule has 0 radical (unpaired) electrons. The van der Waals surface area contributed by atoms with Gasteiger partial charge in [-0.2, -0.15) is 5.10 Å². The zero-order valence-corrected chi connectivity index (χ0v) is 11.0. The van der Waals surface area contributed by atoms with Crippen molar-refractivity contribution in [2.45, 2.75) is 19.4 Å². The van der Waals surface area contributed by atoms with Gasteiger partial charge in [-0.15, -0.1) is 0 Å². The Labute approximate surface area is 112 Å². The number of carbonyl (C=O) groups is 1. The predicted molar refractivity (Wildman–Crippen MR) is 72.3 cm³/mol. The lowest BCUT2D eigenvalue weighted by Crippen LogP contribution is -2.13. The lowest BCUT2D eigenvalue weighted by Gasteiger charge is -2.11. The van der Waals surface area contributed by atoms with Crippen molar-refractivity contribution in [2.24, 2.45) is 7.05 Å². The molecule has 2 N–H and O–H groups in total. The summed E-state index contributed by atoms with van der Waals surface area (Å²) >= 11 is 0. The second-order valence-electron chi connectivity index (χ2n) is 4.52. The highest BCUT2D eigenvalue weighted by molar-refractivity contribution is 5.78. The molecule has 0 saturated heterocycles. The monoisotopic (exact) mass is 259 g/mol. The minimum absolute atomic E-state index is 0.235. The van der Waals surface area contributed by atoms with E-state index in [4.69, 9.17) is 10.5 Å². The van der Waals surface area contributed by atoms with Crippen LogP contribution in [0.25, 0.3) is 0 Å². The molecule has 0 aliphatic rings. The average molecular weight is 259 g/mol. The molecule has 0 aliphatic carbocycles. The number of hydrogen-bond acceptors (Lipinski definition) is 4. The minimum Gasteiger partial charge on any atom is -0.460 e. The Hall–Kier alpha value is -2.30. The molecule has 2 rings (SSSR count). The molecule has 100 valence electrons. The minimum atomic E-state index is -0.333. The van der Waals surface area contributed by atoms with E-state index < -0.39 is 0 Å². The molecule has 5 heteroatoms. The average Bonchev–Trinajstić information content (AvgIpc) is 2.81. The third kappa shape index (κ3) is 3.34. The normalized spacial score (nSPS) is 12.1. The molecule has 2 aromatic rings. The van der Waals surface area contributed by atoms with Crippen LogP contribution in [0.3, 0.4) is 0 Å². The summed E-state index contributed by atoms with van der Waals surface area (Å²) in [5, 5.41) is 4.02. The van der Waals surface area contributed by atoms with Crippen LogP contribution >= 0.6 is 0 Å². The molecule has 1 atom stereocenters. The summed E-state index contributed by atoms with van der Waals surface area (Å²) < 4.78 is 6.94. The molecule has 19 heavy (non-hydrogen) atoms. The lowest BCUT2D eigenvalue weighted by atomic mass is 10.0. The predicted octanol–water partition coefficient (Wildman–Crippen LogP) is 1.85. The van der Waals surface area contributed by atoms with Gasteiger partial charge < -0.3 is 10.5 Å². The van der Waals surface area contributed by atoms with Crippen molar-refractivity contribution in [1.82, 2.24) is 9.78 Å². The molecule has 0 amide bonds. The highest BCUT2D eigenvalue weighted by Gasteiger charge is 2.17. The van der Waals surface area contributed by atoms with E-state index in [2.05, 4.69) is 5.10 Å². The highest BCUT2D eigenvalue weighted by Crippen LogP contribution is 2.19. The second kappa shape index (κ2) is 5.56. The number of benzene rings is 1. The lowest BCUT2D eigenvalue weighted by molar-refractivity contribution is -0.146. The van der Waals surface area contributed by atoms with Crippen molar-refractivity contribution < 1.29 is 9.53 Å². The number of rotatable bonds is 4. The third-order valence-electron chi connectivity index (χ3n) is 2.90. The van der Waals surface area contributed by atoms with Crippen molar-refractivity contribution in [3.8, 4) is 0 Å². The number of ether oxygens (including phenoxy) is 1. The second-order valence-corrected chi connectivity index (χ2v) is 4.52. The fraction of sp³-hybridized carbons (Fsp3) is 0.286. The number of anilines is 1. The van der Waals surface area contributed by atoms with Crippen molar-refractivity contribution in [3.05, 3.63) is 47.8 Å². The molecule has 1 unspecified atom stereocenters. The van der Waals surface area contributed by atoms with Gasteiger partial charge in [0.05, 0.1) is 12.1 Å². The fourth-order valence-corrected chi connectivity index (χ4v) is 1.79. The molecular weight excluding hydrogens is 242 g/mol. The van der Waals surface area contributed by atoms with Gasteiger partial charge in [-0.3, -0.25) is 9.48 Å². The third-order valence-corrected chi connectivity index (χ3v) is 2.90. The van der Waals surface area contributed by atoms with Crippen LogP contribution in [0.1, 0.15) is 24.0 Å².